The first-order chi connectivity index (χ1) is 26.7. The zero-order valence-corrected chi connectivity index (χ0v) is 35.1. The molecule has 0 unspecified atom stereocenters. The number of methoxy groups -OCH3 is 1. The maximum atomic E-state index is 13.9. The van der Waals surface area contributed by atoms with Gasteiger partial charge in [0.1, 0.15) is 19.0 Å². The number of carbonyl (C=O) groups excluding carboxylic acids is 2. The summed E-state index contributed by atoms with van der Waals surface area (Å²) in [6, 6.07) is 30.8. The summed E-state index contributed by atoms with van der Waals surface area (Å²) >= 11 is 0. The van der Waals surface area contributed by atoms with Crippen molar-refractivity contribution in [2.75, 3.05) is 30.9 Å². The second kappa shape index (κ2) is 15.6. The average Bonchev–Trinajstić information content (AvgIpc) is 3.38. The number of carbonyl (C=O) groups is 2. The SMILES string of the molecule is COc1cc2c(cc1OCc1cc(C)cc(COc3cc4c(cc3C)C(=O)N3Cc5ccccc5C[C@H]3[CH-]N4C)c1)NC[C@@H]1Cc3ccccc3CN1C2=O.[Y]. The Kier molecular flexibility index (Phi) is 10.6. The summed E-state index contributed by atoms with van der Waals surface area (Å²) in [5.41, 5.74) is 11.9. The quantitative estimate of drug-likeness (QED) is 0.169. The van der Waals surface area contributed by atoms with E-state index in [0.29, 0.717) is 55.5 Å². The fourth-order valence-electron chi connectivity index (χ4n) is 8.67. The standard InChI is InChI=1S/C46H45N4O5.Y/c1-28-13-30(26-54-42-21-41-39(15-29(42)2)46(52)50-24-35-12-8-6-10-33(35)18-37(50)25-48(41)3)16-31(14-28)27-55-44-20-40-38(19-43(44)53-4)45(51)49-23-34-11-7-5-9-32(34)17-36(49)22-47-40;/h5-16,19-21,25,36-37,47H,17-18,22-24,26-27H2,1-4H3;/q-1;/t36-,37-;/m0./s1. The van der Waals surface area contributed by atoms with E-state index in [-0.39, 0.29) is 56.6 Å². The maximum absolute atomic E-state index is 13.9. The Morgan fingerprint density at radius 1 is 0.714 bits per heavy atom. The molecule has 0 spiro atoms. The van der Waals surface area contributed by atoms with Gasteiger partial charge in [-0.1, -0.05) is 72.3 Å². The third kappa shape index (κ3) is 7.16. The number of ether oxygens (including phenoxy) is 3. The molecule has 4 heterocycles. The summed E-state index contributed by atoms with van der Waals surface area (Å²) in [7, 11) is 3.61. The summed E-state index contributed by atoms with van der Waals surface area (Å²) in [6.07, 6.45) is 1.62. The van der Waals surface area contributed by atoms with Crippen molar-refractivity contribution in [3.63, 3.8) is 0 Å². The van der Waals surface area contributed by atoms with E-state index in [2.05, 4.69) is 78.3 Å². The number of benzene rings is 5. The minimum atomic E-state index is -0.0114. The molecule has 2 amide bonds. The van der Waals surface area contributed by atoms with Crippen molar-refractivity contribution < 1.29 is 56.5 Å². The molecule has 0 saturated carbocycles. The van der Waals surface area contributed by atoms with E-state index < -0.39 is 0 Å². The Labute approximate surface area is 353 Å². The smallest absolute Gasteiger partial charge is 0.256 e. The molecule has 0 aliphatic carbocycles. The summed E-state index contributed by atoms with van der Waals surface area (Å²) in [6.45, 7) is 8.73. The van der Waals surface area contributed by atoms with Gasteiger partial charge in [-0.15, -0.1) is 0 Å². The van der Waals surface area contributed by atoms with Crippen LogP contribution in [0.25, 0.3) is 0 Å². The van der Waals surface area contributed by atoms with Gasteiger partial charge in [0.05, 0.1) is 30.0 Å². The summed E-state index contributed by atoms with van der Waals surface area (Å²) in [4.78, 5) is 33.8. The number of rotatable bonds is 7. The molecule has 1 radical (unpaired) electrons. The molecule has 5 aromatic rings. The van der Waals surface area contributed by atoms with Crippen molar-refractivity contribution >= 4 is 23.2 Å². The van der Waals surface area contributed by atoms with Crippen LogP contribution in [0.5, 0.6) is 17.2 Å². The molecule has 1 N–H and O–H groups in total. The first-order valence-corrected chi connectivity index (χ1v) is 19.0. The van der Waals surface area contributed by atoms with Gasteiger partial charge in [0.2, 0.25) is 0 Å². The number of nitrogens with zero attached hydrogens (tertiary/aromatic N) is 3. The van der Waals surface area contributed by atoms with Crippen LogP contribution in [0.3, 0.4) is 0 Å². The first kappa shape index (κ1) is 38.0. The van der Waals surface area contributed by atoms with E-state index in [1.807, 2.05) is 54.1 Å². The molecule has 9 nitrogen and oxygen atoms in total. The molecule has 0 aromatic heterocycles. The topological polar surface area (TPSA) is 83.6 Å². The van der Waals surface area contributed by atoms with Crippen LogP contribution in [0, 0.1) is 20.4 Å². The van der Waals surface area contributed by atoms with Crippen molar-refractivity contribution in [3.8, 4) is 17.2 Å². The van der Waals surface area contributed by atoms with E-state index in [0.717, 1.165) is 52.2 Å². The first-order valence-electron chi connectivity index (χ1n) is 19.0. The van der Waals surface area contributed by atoms with E-state index >= 15 is 0 Å². The predicted molar refractivity (Wildman–Crippen MR) is 213 cm³/mol. The summed E-state index contributed by atoms with van der Waals surface area (Å²) < 4.78 is 18.6. The van der Waals surface area contributed by atoms with Gasteiger partial charge in [0.15, 0.2) is 11.5 Å². The van der Waals surface area contributed by atoms with Crippen molar-refractivity contribution in [3.05, 3.63) is 153 Å². The molecule has 283 valence electrons. The fourth-order valence-corrected chi connectivity index (χ4v) is 8.67. The van der Waals surface area contributed by atoms with Gasteiger partial charge in [-0.25, -0.2) is 6.54 Å². The Bertz CT molecular complexity index is 2350. The molecule has 0 saturated heterocycles. The molecular weight excluding hydrogens is 777 g/mol. The van der Waals surface area contributed by atoms with Crippen LogP contribution in [0.2, 0.25) is 0 Å². The largest absolute Gasteiger partial charge is 0.522 e. The van der Waals surface area contributed by atoms with Crippen LogP contribution in [-0.2, 0) is 71.9 Å². The molecule has 4 aliphatic heterocycles. The Morgan fingerprint density at radius 3 is 2.04 bits per heavy atom. The number of amides is 2. The summed E-state index contributed by atoms with van der Waals surface area (Å²) in [5.74, 6) is 1.87. The zero-order chi connectivity index (χ0) is 37.8. The van der Waals surface area contributed by atoms with Crippen LogP contribution in [0.1, 0.15) is 65.2 Å². The number of hydrogen-bond acceptors (Lipinski definition) is 7. The van der Waals surface area contributed by atoms with Gasteiger partial charge < -0.3 is 34.2 Å². The molecular formula is C46H45N4O5Y-. The third-order valence-corrected chi connectivity index (χ3v) is 11.5. The minimum absolute atomic E-state index is 0. The Morgan fingerprint density at radius 2 is 1.34 bits per heavy atom. The minimum Gasteiger partial charge on any atom is -0.522 e. The van der Waals surface area contributed by atoms with Crippen LogP contribution in [-0.4, -0.2) is 54.4 Å². The molecule has 5 aromatic carbocycles. The summed E-state index contributed by atoms with van der Waals surface area (Å²) in [5, 5.41) is 3.53. The van der Waals surface area contributed by atoms with Crippen molar-refractivity contribution in [1.29, 1.82) is 0 Å². The van der Waals surface area contributed by atoms with Gasteiger partial charge in [-0.3, -0.25) is 9.59 Å². The average molecular weight is 823 g/mol. The number of fused-ring (bicyclic) bond motifs is 6. The molecule has 0 fully saturated rings. The Hall–Kier alpha value is -4.86. The van der Waals surface area contributed by atoms with Crippen molar-refractivity contribution in [1.82, 2.24) is 9.80 Å². The van der Waals surface area contributed by atoms with E-state index in [1.54, 1.807) is 13.2 Å². The van der Waals surface area contributed by atoms with Gasteiger partial charge in [0.25, 0.3) is 11.8 Å². The molecule has 4 aliphatic rings. The second-order valence-electron chi connectivity index (χ2n) is 15.3. The molecule has 10 heteroatoms. The number of hydrogen-bond donors (Lipinski definition) is 1. The van der Waals surface area contributed by atoms with Gasteiger partial charge in [-0.05, 0) is 90.9 Å². The molecule has 0 bridgehead atoms. The number of aryl methyl sites for hydroxylation is 2. The third-order valence-electron chi connectivity index (χ3n) is 11.5. The number of nitrogens with one attached hydrogen (secondary N) is 1. The van der Waals surface area contributed by atoms with E-state index in [1.165, 1.54) is 22.3 Å². The van der Waals surface area contributed by atoms with Gasteiger partial charge in [-0.2, -0.15) is 0 Å². The van der Waals surface area contributed by atoms with Gasteiger partial charge >= 0.3 is 0 Å². The van der Waals surface area contributed by atoms with E-state index in [9.17, 15) is 9.59 Å². The van der Waals surface area contributed by atoms with Crippen LogP contribution in [0.4, 0.5) is 11.4 Å². The monoisotopic (exact) mass is 822 g/mol. The van der Waals surface area contributed by atoms with Gasteiger partial charge in [0, 0.05) is 70.2 Å². The van der Waals surface area contributed by atoms with Crippen molar-refractivity contribution in [2.45, 2.75) is 65.1 Å². The van der Waals surface area contributed by atoms with Crippen LogP contribution >= 0.6 is 0 Å². The molecule has 2 atom stereocenters. The normalized spacial score (nSPS) is 18.0. The zero-order valence-electron chi connectivity index (χ0n) is 32.3. The number of anilines is 2. The molecule has 56 heavy (non-hydrogen) atoms. The number of likely N-dealkylation sites (N-methyl/N-ethyl adjacent to an activating group) is 1. The van der Waals surface area contributed by atoms with Crippen LogP contribution < -0.4 is 24.4 Å². The second-order valence-corrected chi connectivity index (χ2v) is 15.3. The van der Waals surface area contributed by atoms with Crippen LogP contribution in [0.15, 0.2) is 91.0 Å². The predicted octanol–water partition coefficient (Wildman–Crippen LogP) is 7.64. The van der Waals surface area contributed by atoms with E-state index in [4.69, 9.17) is 14.2 Å². The fraction of sp³-hybridized carbons (Fsp3) is 0.283. The molecule has 9 rings (SSSR count). The Balaban J connectivity index is 0.00000441. The van der Waals surface area contributed by atoms with Crippen molar-refractivity contribution in [2.24, 2.45) is 0 Å². The maximum Gasteiger partial charge on any atom is 0.256 e.